The number of hydrogen-bond acceptors (Lipinski definition) is 2. The number of benzene rings is 1. The third kappa shape index (κ3) is 2.43. The number of rotatable bonds is 1. The SMILES string of the molecule is FC(F)(F)Cc1ccc2nnccc2c1. The molecule has 5 heteroatoms. The summed E-state index contributed by atoms with van der Waals surface area (Å²) in [7, 11) is 0. The third-order valence-corrected chi connectivity index (χ3v) is 1.98. The van der Waals surface area contributed by atoms with Crippen LogP contribution in [0.15, 0.2) is 30.5 Å². The quantitative estimate of drug-likeness (QED) is 0.726. The molecular formula is C10H7F3N2. The summed E-state index contributed by atoms with van der Waals surface area (Å²) in [5.41, 5.74) is 0.839. The zero-order valence-electron chi connectivity index (χ0n) is 7.62. The van der Waals surface area contributed by atoms with Crippen molar-refractivity contribution in [3.8, 4) is 0 Å². The molecule has 0 bridgehead atoms. The van der Waals surface area contributed by atoms with Crippen molar-refractivity contribution in [3.63, 3.8) is 0 Å². The van der Waals surface area contributed by atoms with Crippen molar-refractivity contribution < 1.29 is 13.2 Å². The van der Waals surface area contributed by atoms with E-state index >= 15 is 0 Å². The van der Waals surface area contributed by atoms with Gasteiger partial charge in [-0.3, -0.25) is 0 Å². The Morgan fingerprint density at radius 1 is 1.13 bits per heavy atom. The first-order valence-corrected chi connectivity index (χ1v) is 4.32. The van der Waals surface area contributed by atoms with Gasteiger partial charge < -0.3 is 0 Å². The van der Waals surface area contributed by atoms with E-state index in [1.165, 1.54) is 18.3 Å². The molecule has 0 aliphatic carbocycles. The van der Waals surface area contributed by atoms with Crippen LogP contribution in [-0.2, 0) is 6.42 Å². The summed E-state index contributed by atoms with van der Waals surface area (Å²) in [6.07, 6.45) is -3.63. The topological polar surface area (TPSA) is 25.8 Å². The Hall–Kier alpha value is -1.65. The van der Waals surface area contributed by atoms with E-state index in [2.05, 4.69) is 10.2 Å². The van der Waals surface area contributed by atoms with Gasteiger partial charge in [-0.1, -0.05) is 6.07 Å². The molecule has 0 radical (unpaired) electrons. The number of alkyl halides is 3. The van der Waals surface area contributed by atoms with Gasteiger partial charge in [0, 0.05) is 5.39 Å². The van der Waals surface area contributed by atoms with Gasteiger partial charge in [-0.2, -0.15) is 23.4 Å². The van der Waals surface area contributed by atoms with Crippen LogP contribution in [0.4, 0.5) is 13.2 Å². The maximum absolute atomic E-state index is 12.1. The summed E-state index contributed by atoms with van der Waals surface area (Å²) in [5, 5.41) is 8.11. The zero-order valence-corrected chi connectivity index (χ0v) is 7.62. The van der Waals surface area contributed by atoms with Gasteiger partial charge >= 0.3 is 6.18 Å². The summed E-state index contributed by atoms with van der Waals surface area (Å²) in [6, 6.07) is 6.09. The van der Waals surface area contributed by atoms with E-state index in [0.29, 0.717) is 10.9 Å². The monoisotopic (exact) mass is 212 g/mol. The molecule has 2 nitrogen and oxygen atoms in total. The van der Waals surface area contributed by atoms with Gasteiger partial charge in [0.2, 0.25) is 0 Å². The zero-order chi connectivity index (χ0) is 10.9. The average molecular weight is 212 g/mol. The Morgan fingerprint density at radius 2 is 1.93 bits per heavy atom. The Labute approximate surface area is 83.7 Å². The fourth-order valence-corrected chi connectivity index (χ4v) is 1.38. The Kier molecular flexibility index (Phi) is 2.30. The van der Waals surface area contributed by atoms with Crippen molar-refractivity contribution in [2.75, 3.05) is 0 Å². The third-order valence-electron chi connectivity index (χ3n) is 1.98. The fraction of sp³-hybridized carbons (Fsp3) is 0.200. The van der Waals surface area contributed by atoms with Crippen molar-refractivity contribution in [2.24, 2.45) is 0 Å². The molecule has 0 unspecified atom stereocenters. The standard InChI is InChI=1S/C10H7F3N2/c11-10(12,13)6-7-1-2-9-8(5-7)3-4-14-15-9/h1-5H,6H2. The molecule has 0 saturated carbocycles. The molecule has 0 atom stereocenters. The number of aromatic nitrogens is 2. The minimum absolute atomic E-state index is 0.239. The lowest BCUT2D eigenvalue weighted by molar-refractivity contribution is -0.127. The van der Waals surface area contributed by atoms with Gasteiger partial charge in [-0.25, -0.2) is 0 Å². The van der Waals surface area contributed by atoms with Crippen LogP contribution in [-0.4, -0.2) is 16.4 Å². The van der Waals surface area contributed by atoms with Crippen molar-refractivity contribution >= 4 is 10.9 Å². The lowest BCUT2D eigenvalue weighted by atomic mass is 10.1. The van der Waals surface area contributed by atoms with E-state index < -0.39 is 12.6 Å². The average Bonchev–Trinajstić information content (AvgIpc) is 2.15. The van der Waals surface area contributed by atoms with E-state index in [-0.39, 0.29) is 5.56 Å². The number of hydrogen-bond donors (Lipinski definition) is 0. The van der Waals surface area contributed by atoms with Crippen molar-refractivity contribution in [3.05, 3.63) is 36.0 Å². The summed E-state index contributed by atoms with van der Waals surface area (Å²) in [5.74, 6) is 0. The second-order valence-corrected chi connectivity index (χ2v) is 3.22. The van der Waals surface area contributed by atoms with Crippen LogP contribution < -0.4 is 0 Å². The molecule has 0 amide bonds. The van der Waals surface area contributed by atoms with Crippen LogP contribution in [0.1, 0.15) is 5.56 Å². The maximum atomic E-state index is 12.1. The maximum Gasteiger partial charge on any atom is 0.393 e. The highest BCUT2D eigenvalue weighted by Crippen LogP contribution is 2.23. The molecule has 0 fully saturated rings. The van der Waals surface area contributed by atoms with Gasteiger partial charge in [-0.15, -0.1) is 0 Å². The van der Waals surface area contributed by atoms with E-state index in [4.69, 9.17) is 0 Å². The van der Waals surface area contributed by atoms with Gasteiger partial charge in [0.25, 0.3) is 0 Å². The molecule has 0 saturated heterocycles. The lowest BCUT2D eigenvalue weighted by Gasteiger charge is -2.06. The first-order valence-electron chi connectivity index (χ1n) is 4.32. The Bertz CT molecular complexity index is 479. The Morgan fingerprint density at radius 3 is 2.67 bits per heavy atom. The van der Waals surface area contributed by atoms with Crippen LogP contribution in [0.2, 0.25) is 0 Å². The summed E-state index contributed by atoms with van der Waals surface area (Å²) in [6.45, 7) is 0. The molecule has 1 aromatic carbocycles. The number of halogens is 3. The molecule has 15 heavy (non-hydrogen) atoms. The molecule has 0 aliphatic rings. The van der Waals surface area contributed by atoms with Gasteiger partial charge in [0.15, 0.2) is 0 Å². The molecule has 2 rings (SSSR count). The lowest BCUT2D eigenvalue weighted by Crippen LogP contribution is -2.11. The second-order valence-electron chi connectivity index (χ2n) is 3.22. The summed E-state index contributed by atoms with van der Waals surface area (Å²) >= 11 is 0. The highest BCUT2D eigenvalue weighted by atomic mass is 19.4. The largest absolute Gasteiger partial charge is 0.393 e. The molecule has 0 N–H and O–H groups in total. The minimum atomic E-state index is -4.17. The molecule has 1 heterocycles. The first kappa shape index (κ1) is 9.89. The highest BCUT2D eigenvalue weighted by Gasteiger charge is 2.27. The highest BCUT2D eigenvalue weighted by molar-refractivity contribution is 5.78. The second kappa shape index (κ2) is 3.49. The minimum Gasteiger partial charge on any atom is -0.171 e. The molecule has 0 spiro atoms. The van der Waals surface area contributed by atoms with E-state index in [9.17, 15) is 13.2 Å². The van der Waals surface area contributed by atoms with Crippen LogP contribution in [0.25, 0.3) is 10.9 Å². The van der Waals surface area contributed by atoms with E-state index in [1.807, 2.05) is 0 Å². The normalized spacial score (nSPS) is 11.9. The van der Waals surface area contributed by atoms with Gasteiger partial charge in [-0.05, 0) is 23.8 Å². The predicted octanol–water partition coefficient (Wildman–Crippen LogP) is 2.73. The Balaban J connectivity index is 2.39. The predicted molar refractivity (Wildman–Crippen MR) is 49.3 cm³/mol. The van der Waals surface area contributed by atoms with Crippen molar-refractivity contribution in [1.82, 2.24) is 10.2 Å². The van der Waals surface area contributed by atoms with Crippen LogP contribution in [0, 0.1) is 0 Å². The van der Waals surface area contributed by atoms with Crippen LogP contribution >= 0.6 is 0 Å². The van der Waals surface area contributed by atoms with Gasteiger partial charge in [0.05, 0.1) is 18.1 Å². The fourth-order valence-electron chi connectivity index (χ4n) is 1.38. The molecule has 0 aliphatic heterocycles. The molecule has 1 aromatic heterocycles. The number of fused-ring (bicyclic) bond motifs is 1. The summed E-state index contributed by atoms with van der Waals surface area (Å²) in [4.78, 5) is 0. The van der Waals surface area contributed by atoms with E-state index in [1.54, 1.807) is 12.1 Å². The van der Waals surface area contributed by atoms with Crippen LogP contribution in [0.3, 0.4) is 0 Å². The molecule has 2 aromatic rings. The summed E-state index contributed by atoms with van der Waals surface area (Å²) < 4.78 is 36.3. The smallest absolute Gasteiger partial charge is 0.171 e. The number of nitrogens with zero attached hydrogens (tertiary/aromatic N) is 2. The molecular weight excluding hydrogens is 205 g/mol. The van der Waals surface area contributed by atoms with Gasteiger partial charge in [0.1, 0.15) is 0 Å². The van der Waals surface area contributed by atoms with E-state index in [0.717, 1.165) is 0 Å². The first-order chi connectivity index (χ1) is 7.04. The van der Waals surface area contributed by atoms with Crippen molar-refractivity contribution in [2.45, 2.75) is 12.6 Å². The molecule has 78 valence electrons. The van der Waals surface area contributed by atoms with Crippen molar-refractivity contribution in [1.29, 1.82) is 0 Å². The van der Waals surface area contributed by atoms with Crippen LogP contribution in [0.5, 0.6) is 0 Å².